The molecule has 0 saturated heterocycles. The summed E-state index contributed by atoms with van der Waals surface area (Å²) in [6, 6.07) is 13.5. The van der Waals surface area contributed by atoms with Crippen molar-refractivity contribution in [3.05, 3.63) is 58.1 Å². The second-order valence-corrected chi connectivity index (χ2v) is 4.92. The van der Waals surface area contributed by atoms with Gasteiger partial charge in [-0.2, -0.15) is 5.10 Å². The highest BCUT2D eigenvalue weighted by Crippen LogP contribution is 2.29. The lowest BCUT2D eigenvalue weighted by atomic mass is 10.2. The number of hydrogen-bond acceptors (Lipinski definition) is 4. The maximum absolute atomic E-state index is 5.80. The molecule has 5 heteroatoms. The molecule has 0 atom stereocenters. The van der Waals surface area contributed by atoms with E-state index in [1.165, 1.54) is 0 Å². The van der Waals surface area contributed by atoms with Crippen molar-refractivity contribution in [2.24, 2.45) is 10.9 Å². The molecule has 20 heavy (non-hydrogen) atoms. The van der Waals surface area contributed by atoms with Gasteiger partial charge in [0, 0.05) is 10.0 Å². The van der Waals surface area contributed by atoms with Crippen molar-refractivity contribution >= 4 is 22.1 Å². The number of hydrazone groups is 1. The van der Waals surface area contributed by atoms with Gasteiger partial charge in [-0.15, -0.1) is 0 Å². The molecule has 2 aromatic carbocycles. The Bertz CT molecular complexity index is 615. The monoisotopic (exact) mass is 334 g/mol. The normalized spacial score (nSPS) is 10.7. The Balaban J connectivity index is 2.15. The van der Waals surface area contributed by atoms with E-state index < -0.39 is 0 Å². The van der Waals surface area contributed by atoms with Crippen molar-refractivity contribution < 1.29 is 9.47 Å². The zero-order chi connectivity index (χ0) is 14.4. The average Bonchev–Trinajstić information content (AvgIpc) is 2.47. The van der Waals surface area contributed by atoms with E-state index in [-0.39, 0.29) is 0 Å². The molecule has 0 aliphatic heterocycles. The van der Waals surface area contributed by atoms with Gasteiger partial charge in [0.2, 0.25) is 0 Å². The van der Waals surface area contributed by atoms with Gasteiger partial charge in [-0.05, 0) is 29.8 Å². The van der Waals surface area contributed by atoms with Crippen LogP contribution < -0.4 is 15.3 Å². The maximum atomic E-state index is 5.80. The van der Waals surface area contributed by atoms with Crippen LogP contribution in [0.5, 0.6) is 11.5 Å². The zero-order valence-corrected chi connectivity index (χ0v) is 12.6. The number of nitrogens with zero attached hydrogens (tertiary/aromatic N) is 1. The van der Waals surface area contributed by atoms with Crippen LogP contribution in [-0.4, -0.2) is 13.3 Å². The molecule has 2 N–H and O–H groups in total. The molecule has 104 valence electrons. The van der Waals surface area contributed by atoms with Crippen LogP contribution in [0.4, 0.5) is 0 Å². The summed E-state index contributed by atoms with van der Waals surface area (Å²) >= 11 is 3.50. The molecule has 0 saturated carbocycles. The molecule has 0 amide bonds. The number of benzene rings is 2. The molecular formula is C15H15BrN2O2. The number of rotatable bonds is 5. The van der Waals surface area contributed by atoms with E-state index in [0.717, 1.165) is 15.6 Å². The van der Waals surface area contributed by atoms with Gasteiger partial charge in [0.15, 0.2) is 11.5 Å². The molecule has 0 heterocycles. The Labute approximate surface area is 126 Å². The molecule has 0 fully saturated rings. The summed E-state index contributed by atoms with van der Waals surface area (Å²) in [5.74, 6) is 6.46. The first kappa shape index (κ1) is 14.4. The number of ether oxygens (including phenoxy) is 2. The maximum Gasteiger partial charge on any atom is 0.161 e. The quantitative estimate of drug-likeness (QED) is 0.518. The second kappa shape index (κ2) is 6.96. The van der Waals surface area contributed by atoms with Crippen molar-refractivity contribution in [1.82, 2.24) is 0 Å². The van der Waals surface area contributed by atoms with Crippen molar-refractivity contribution in [1.29, 1.82) is 0 Å². The zero-order valence-electron chi connectivity index (χ0n) is 11.0. The Morgan fingerprint density at radius 1 is 1.20 bits per heavy atom. The minimum Gasteiger partial charge on any atom is -0.493 e. The molecule has 0 aliphatic carbocycles. The SMILES string of the molecule is COc1cc(C=NN)ccc1OCc1ccccc1Br. The third-order valence-corrected chi connectivity index (χ3v) is 3.53. The Kier molecular flexibility index (Phi) is 5.01. The summed E-state index contributed by atoms with van der Waals surface area (Å²) in [5.41, 5.74) is 1.93. The van der Waals surface area contributed by atoms with Crippen molar-refractivity contribution in [3.8, 4) is 11.5 Å². The van der Waals surface area contributed by atoms with Gasteiger partial charge in [0.1, 0.15) is 6.61 Å². The summed E-state index contributed by atoms with van der Waals surface area (Å²) < 4.78 is 12.1. The lowest BCUT2D eigenvalue weighted by Crippen LogP contribution is -1.99. The summed E-state index contributed by atoms with van der Waals surface area (Å²) in [5, 5.41) is 3.49. The van der Waals surface area contributed by atoms with Gasteiger partial charge in [-0.25, -0.2) is 0 Å². The third kappa shape index (κ3) is 3.51. The standard InChI is InChI=1S/C15H15BrN2O2/c1-19-15-8-11(9-18-17)6-7-14(15)20-10-12-4-2-3-5-13(12)16/h2-9H,10,17H2,1H3. The van der Waals surface area contributed by atoms with Crippen LogP contribution in [0.1, 0.15) is 11.1 Å². The Hall–Kier alpha value is -2.01. The highest BCUT2D eigenvalue weighted by Gasteiger charge is 2.06. The number of halogens is 1. The van der Waals surface area contributed by atoms with E-state index in [4.69, 9.17) is 15.3 Å². The lowest BCUT2D eigenvalue weighted by Gasteiger charge is -2.12. The number of hydrogen-bond donors (Lipinski definition) is 1. The fourth-order valence-electron chi connectivity index (χ4n) is 1.74. The highest BCUT2D eigenvalue weighted by molar-refractivity contribution is 9.10. The molecule has 2 rings (SSSR count). The highest BCUT2D eigenvalue weighted by atomic mass is 79.9. The Morgan fingerprint density at radius 2 is 2.00 bits per heavy atom. The van der Waals surface area contributed by atoms with Gasteiger partial charge in [-0.1, -0.05) is 34.1 Å². The number of nitrogens with two attached hydrogens (primary N) is 1. The van der Waals surface area contributed by atoms with Crippen molar-refractivity contribution in [2.45, 2.75) is 6.61 Å². The van der Waals surface area contributed by atoms with Gasteiger partial charge in [0.25, 0.3) is 0 Å². The van der Waals surface area contributed by atoms with Crippen LogP contribution in [0.2, 0.25) is 0 Å². The molecule has 0 spiro atoms. The first-order chi connectivity index (χ1) is 9.74. The average molecular weight is 335 g/mol. The summed E-state index contributed by atoms with van der Waals surface area (Å²) in [7, 11) is 1.60. The Morgan fingerprint density at radius 3 is 2.70 bits per heavy atom. The molecular weight excluding hydrogens is 320 g/mol. The van der Waals surface area contributed by atoms with Gasteiger partial charge < -0.3 is 15.3 Å². The third-order valence-electron chi connectivity index (χ3n) is 2.75. The van der Waals surface area contributed by atoms with Crippen LogP contribution in [-0.2, 0) is 6.61 Å². The minimum absolute atomic E-state index is 0.460. The van der Waals surface area contributed by atoms with Gasteiger partial charge >= 0.3 is 0 Å². The molecule has 0 bridgehead atoms. The summed E-state index contributed by atoms with van der Waals surface area (Å²) in [6.07, 6.45) is 1.56. The second-order valence-electron chi connectivity index (χ2n) is 4.07. The number of methoxy groups -OCH3 is 1. The van der Waals surface area contributed by atoms with E-state index in [0.29, 0.717) is 18.1 Å². The van der Waals surface area contributed by atoms with Crippen LogP contribution in [0.3, 0.4) is 0 Å². The minimum atomic E-state index is 0.460. The summed E-state index contributed by atoms with van der Waals surface area (Å²) in [6.45, 7) is 0.460. The molecule has 0 aliphatic rings. The fourth-order valence-corrected chi connectivity index (χ4v) is 2.14. The first-order valence-electron chi connectivity index (χ1n) is 6.02. The van der Waals surface area contributed by atoms with E-state index in [1.807, 2.05) is 42.5 Å². The van der Waals surface area contributed by atoms with Crippen molar-refractivity contribution in [2.75, 3.05) is 7.11 Å². The van der Waals surface area contributed by atoms with Crippen molar-refractivity contribution in [3.63, 3.8) is 0 Å². The van der Waals surface area contributed by atoms with Crippen LogP contribution >= 0.6 is 15.9 Å². The summed E-state index contributed by atoms with van der Waals surface area (Å²) in [4.78, 5) is 0. The van der Waals surface area contributed by atoms with Gasteiger partial charge in [-0.3, -0.25) is 0 Å². The first-order valence-corrected chi connectivity index (χ1v) is 6.81. The topological polar surface area (TPSA) is 56.8 Å². The molecule has 2 aromatic rings. The van der Waals surface area contributed by atoms with E-state index in [9.17, 15) is 0 Å². The van der Waals surface area contributed by atoms with Gasteiger partial charge in [0.05, 0.1) is 13.3 Å². The van der Waals surface area contributed by atoms with Crippen LogP contribution in [0.15, 0.2) is 52.0 Å². The fraction of sp³-hybridized carbons (Fsp3) is 0.133. The molecule has 0 radical (unpaired) electrons. The predicted octanol–water partition coefficient (Wildman–Crippen LogP) is 3.33. The lowest BCUT2D eigenvalue weighted by molar-refractivity contribution is 0.284. The smallest absolute Gasteiger partial charge is 0.161 e. The molecule has 0 unspecified atom stereocenters. The van der Waals surface area contributed by atoms with E-state index in [2.05, 4.69) is 21.0 Å². The predicted molar refractivity (Wildman–Crippen MR) is 83.2 cm³/mol. The molecule has 0 aromatic heterocycles. The van der Waals surface area contributed by atoms with E-state index in [1.54, 1.807) is 13.3 Å². The largest absolute Gasteiger partial charge is 0.493 e. The van der Waals surface area contributed by atoms with E-state index >= 15 is 0 Å². The molecule has 4 nitrogen and oxygen atoms in total. The van der Waals surface area contributed by atoms with Crippen LogP contribution in [0, 0.1) is 0 Å². The van der Waals surface area contributed by atoms with Crippen LogP contribution in [0.25, 0.3) is 0 Å².